The summed E-state index contributed by atoms with van der Waals surface area (Å²) in [6.07, 6.45) is 4.65. The van der Waals surface area contributed by atoms with Crippen molar-refractivity contribution in [2.45, 2.75) is 46.7 Å². The number of aromatic nitrogens is 4. The lowest BCUT2D eigenvalue weighted by Gasteiger charge is -2.22. The molecule has 5 rings (SSSR count). The number of carbonyl (C=O) groups is 1. The summed E-state index contributed by atoms with van der Waals surface area (Å²) in [6, 6.07) is 10.9. The van der Waals surface area contributed by atoms with Crippen LogP contribution in [0.15, 0.2) is 61.2 Å². The van der Waals surface area contributed by atoms with Crippen LogP contribution in [0.5, 0.6) is 0 Å². The molecule has 1 aliphatic heterocycles. The van der Waals surface area contributed by atoms with Gasteiger partial charge in [0.15, 0.2) is 11.6 Å². The SMILES string of the molecule is CC.CC(=O)C(F)(F)F.CCN(CCNCN)c1ccc(-n2cc(-c3cc(Cl)cc(NSN4CCCC4)c3F)c(-c3ccncc3)n2)nc1. The summed E-state index contributed by atoms with van der Waals surface area (Å²) in [7, 11) is 0. The van der Waals surface area contributed by atoms with Crippen molar-refractivity contribution < 1.29 is 22.4 Å². The number of nitrogens with zero attached hydrogens (tertiary/aromatic N) is 6. The number of benzene rings is 1. The van der Waals surface area contributed by atoms with Crippen LogP contribution < -0.4 is 20.7 Å². The number of ketones is 1. The third kappa shape index (κ3) is 11.4. The molecule has 0 bridgehead atoms. The van der Waals surface area contributed by atoms with E-state index in [1.807, 2.05) is 44.3 Å². The van der Waals surface area contributed by atoms with Gasteiger partial charge in [-0.1, -0.05) is 25.4 Å². The molecule has 0 unspecified atom stereocenters. The van der Waals surface area contributed by atoms with Gasteiger partial charge in [-0.15, -0.1) is 0 Å². The molecule has 0 spiro atoms. The van der Waals surface area contributed by atoms with E-state index in [9.17, 15) is 18.0 Å². The van der Waals surface area contributed by atoms with Gasteiger partial charge in [-0.25, -0.2) is 18.4 Å². The molecule has 0 amide bonds. The molecule has 1 saturated heterocycles. The molecule has 0 atom stereocenters. The lowest BCUT2D eigenvalue weighted by Crippen LogP contribution is -2.34. The molecule has 49 heavy (non-hydrogen) atoms. The number of nitrogens with one attached hydrogen (secondary N) is 2. The minimum atomic E-state index is -4.64. The molecule has 4 heterocycles. The first-order chi connectivity index (χ1) is 23.5. The van der Waals surface area contributed by atoms with Crippen molar-refractivity contribution in [3.63, 3.8) is 0 Å². The number of Topliss-reactive ketones (excluding diaryl/α,β-unsaturated/α-hetero) is 1. The number of halogens is 5. The standard InChI is InChI=1S/C28H33ClFN9S.C3H3F3O.C2H6/c1-2-37(14-11-33-19-31)22-5-6-26(34-17-22)39-18-24(28(35-39)20-7-9-32-10-8-20)23-15-21(29)16-25(27(23)30)36-40-38-12-3-4-13-38;1-2(7)3(4,5)6;1-2/h5-10,15-18,33,36H,2-4,11-14,19,31H2,1H3;1H3;1-2H3. The van der Waals surface area contributed by atoms with Crippen LogP contribution in [0.3, 0.4) is 0 Å². The van der Waals surface area contributed by atoms with Crippen LogP contribution in [0.2, 0.25) is 5.02 Å². The first kappa shape index (κ1) is 39.7. The first-order valence-corrected chi connectivity index (χ1v) is 17.0. The number of likely N-dealkylation sites (N-methyl/N-ethyl adjacent to an activating group) is 1. The zero-order valence-corrected chi connectivity index (χ0v) is 29.5. The Kier molecular flexibility index (Phi) is 15.7. The van der Waals surface area contributed by atoms with Crippen LogP contribution >= 0.6 is 23.7 Å². The summed E-state index contributed by atoms with van der Waals surface area (Å²) in [5.74, 6) is -1.53. The topological polar surface area (TPSA) is 117 Å². The van der Waals surface area contributed by atoms with Gasteiger partial charge in [0.2, 0.25) is 5.78 Å². The smallest absolute Gasteiger partial charge is 0.369 e. The minimum absolute atomic E-state index is 0.332. The van der Waals surface area contributed by atoms with Crippen LogP contribution in [-0.4, -0.2) is 75.4 Å². The molecule has 0 saturated carbocycles. The quantitative estimate of drug-likeness (QED) is 0.0593. The molecule has 10 nitrogen and oxygen atoms in total. The third-order valence-electron chi connectivity index (χ3n) is 7.16. The highest BCUT2D eigenvalue weighted by molar-refractivity contribution is 7.98. The van der Waals surface area contributed by atoms with Crippen molar-refractivity contribution in [1.82, 2.24) is 29.4 Å². The summed E-state index contributed by atoms with van der Waals surface area (Å²) < 4.78 is 55.5. The highest BCUT2D eigenvalue weighted by Crippen LogP contribution is 2.38. The molecule has 0 aliphatic carbocycles. The molecular formula is C33H42ClF4N9OS. The second kappa shape index (κ2) is 19.4. The van der Waals surface area contributed by atoms with E-state index in [0.717, 1.165) is 56.8 Å². The molecule has 1 aliphatic rings. The molecular weight excluding hydrogens is 682 g/mol. The van der Waals surface area contributed by atoms with E-state index in [0.29, 0.717) is 46.9 Å². The van der Waals surface area contributed by atoms with E-state index in [1.54, 1.807) is 35.4 Å². The third-order valence-corrected chi connectivity index (χ3v) is 8.31. The number of hydrogen-bond donors (Lipinski definition) is 3. The van der Waals surface area contributed by atoms with Crippen molar-refractivity contribution >= 4 is 40.9 Å². The fraction of sp³-hybridized carbons (Fsp3) is 0.394. The zero-order chi connectivity index (χ0) is 36.0. The summed E-state index contributed by atoms with van der Waals surface area (Å²) >= 11 is 7.91. The second-order valence-electron chi connectivity index (χ2n) is 10.4. The Morgan fingerprint density at radius 1 is 1.10 bits per heavy atom. The molecule has 16 heteroatoms. The summed E-state index contributed by atoms with van der Waals surface area (Å²) in [6.45, 7) is 11.4. The predicted molar refractivity (Wildman–Crippen MR) is 190 cm³/mol. The maximum Gasteiger partial charge on any atom is 0.449 e. The highest BCUT2D eigenvalue weighted by atomic mass is 35.5. The van der Waals surface area contributed by atoms with Crippen LogP contribution in [0.4, 0.5) is 28.9 Å². The van der Waals surface area contributed by atoms with E-state index < -0.39 is 12.0 Å². The number of pyridine rings is 2. The summed E-state index contributed by atoms with van der Waals surface area (Å²) in [5, 5.41) is 8.41. The van der Waals surface area contributed by atoms with Crippen molar-refractivity contribution in [3.05, 3.63) is 72.0 Å². The normalized spacial score (nSPS) is 12.9. The Hall–Kier alpha value is -3.76. The molecule has 1 fully saturated rings. The Labute approximate surface area is 293 Å². The largest absolute Gasteiger partial charge is 0.449 e. The average Bonchev–Trinajstić information content (AvgIpc) is 3.79. The molecule has 1 aromatic carbocycles. The van der Waals surface area contributed by atoms with E-state index >= 15 is 4.39 Å². The van der Waals surface area contributed by atoms with E-state index in [1.165, 1.54) is 12.1 Å². The second-order valence-corrected chi connectivity index (χ2v) is 11.8. The summed E-state index contributed by atoms with van der Waals surface area (Å²) in [5.41, 5.74) is 9.26. The van der Waals surface area contributed by atoms with Gasteiger partial charge in [-0.05, 0) is 56.2 Å². The number of hydrogen-bond acceptors (Lipinski definition) is 10. The van der Waals surface area contributed by atoms with E-state index in [-0.39, 0.29) is 5.82 Å². The van der Waals surface area contributed by atoms with Crippen molar-refractivity contribution in [1.29, 1.82) is 0 Å². The fourth-order valence-corrected chi connectivity index (χ4v) is 5.69. The van der Waals surface area contributed by atoms with Crippen molar-refractivity contribution in [2.24, 2.45) is 5.73 Å². The van der Waals surface area contributed by atoms with Crippen LogP contribution in [0.25, 0.3) is 28.2 Å². The molecule has 3 aromatic heterocycles. The van der Waals surface area contributed by atoms with Gasteiger partial charge in [0.25, 0.3) is 0 Å². The maximum absolute atomic E-state index is 16.0. The van der Waals surface area contributed by atoms with Gasteiger partial charge in [-0.2, -0.15) is 18.3 Å². The Bertz CT molecular complexity index is 1600. The van der Waals surface area contributed by atoms with Crippen LogP contribution in [0, 0.1) is 5.82 Å². The molecule has 266 valence electrons. The number of nitrogens with two attached hydrogens (primary N) is 1. The van der Waals surface area contributed by atoms with Crippen molar-refractivity contribution in [3.8, 4) is 28.2 Å². The lowest BCUT2D eigenvalue weighted by atomic mass is 10.0. The maximum atomic E-state index is 16.0. The van der Waals surface area contributed by atoms with Crippen LogP contribution in [-0.2, 0) is 4.79 Å². The predicted octanol–water partition coefficient (Wildman–Crippen LogP) is 7.36. The fourth-order valence-electron chi connectivity index (χ4n) is 4.65. The molecule has 0 radical (unpaired) electrons. The average molecular weight is 724 g/mol. The molecule has 4 aromatic rings. The van der Waals surface area contributed by atoms with Crippen LogP contribution in [0.1, 0.15) is 40.5 Å². The van der Waals surface area contributed by atoms with Gasteiger partial charge >= 0.3 is 6.18 Å². The monoisotopic (exact) mass is 723 g/mol. The lowest BCUT2D eigenvalue weighted by molar-refractivity contribution is -0.168. The van der Waals surface area contributed by atoms with E-state index in [4.69, 9.17) is 22.4 Å². The minimum Gasteiger partial charge on any atom is -0.369 e. The Morgan fingerprint density at radius 3 is 2.35 bits per heavy atom. The first-order valence-electron chi connectivity index (χ1n) is 15.9. The number of anilines is 2. The van der Waals surface area contributed by atoms with Gasteiger partial charge in [0.1, 0.15) is 5.69 Å². The van der Waals surface area contributed by atoms with Gasteiger partial charge in [0.05, 0.1) is 17.6 Å². The Morgan fingerprint density at radius 2 is 1.78 bits per heavy atom. The number of rotatable bonds is 12. The summed E-state index contributed by atoms with van der Waals surface area (Å²) in [4.78, 5) is 20.4. The number of alkyl halides is 3. The van der Waals surface area contributed by atoms with Gasteiger partial charge in [0, 0.05) is 98.8 Å². The Balaban J connectivity index is 0.000000644. The highest BCUT2D eigenvalue weighted by Gasteiger charge is 2.33. The number of carbonyl (C=O) groups excluding carboxylic acids is 1. The van der Waals surface area contributed by atoms with Gasteiger partial charge < -0.3 is 20.7 Å². The molecule has 4 N–H and O–H groups in total. The van der Waals surface area contributed by atoms with E-state index in [2.05, 4.69) is 36.1 Å². The van der Waals surface area contributed by atoms with Crippen molar-refractivity contribution in [2.75, 3.05) is 49.0 Å². The zero-order valence-electron chi connectivity index (χ0n) is 27.9. The van der Waals surface area contributed by atoms with Gasteiger partial charge in [-0.3, -0.25) is 9.78 Å².